The van der Waals surface area contributed by atoms with Crippen LogP contribution in [-0.2, 0) is 0 Å². The fourth-order valence-electron chi connectivity index (χ4n) is 3.57. The summed E-state index contributed by atoms with van der Waals surface area (Å²) in [4.78, 5) is 27.4. The minimum atomic E-state index is -0.395. The summed E-state index contributed by atoms with van der Waals surface area (Å²) in [6.45, 7) is 5.76. The predicted molar refractivity (Wildman–Crippen MR) is 112 cm³/mol. The summed E-state index contributed by atoms with van der Waals surface area (Å²) in [7, 11) is 0. The highest BCUT2D eigenvalue weighted by Gasteiger charge is 2.20. The average Bonchev–Trinajstić information content (AvgIpc) is 3.12. The molecule has 8 nitrogen and oxygen atoms in total. The number of benzene rings is 1. The third-order valence-electron chi connectivity index (χ3n) is 4.98. The van der Waals surface area contributed by atoms with Gasteiger partial charge < -0.3 is 20.4 Å². The van der Waals surface area contributed by atoms with Gasteiger partial charge in [-0.2, -0.15) is 5.10 Å². The highest BCUT2D eigenvalue weighted by Crippen LogP contribution is 2.29. The van der Waals surface area contributed by atoms with Gasteiger partial charge in [0.05, 0.1) is 23.2 Å². The van der Waals surface area contributed by atoms with Crippen LogP contribution in [0.3, 0.4) is 0 Å². The van der Waals surface area contributed by atoms with E-state index in [0.717, 1.165) is 36.8 Å². The van der Waals surface area contributed by atoms with E-state index in [2.05, 4.69) is 15.6 Å². The van der Waals surface area contributed by atoms with Gasteiger partial charge in [0.25, 0.3) is 11.5 Å². The van der Waals surface area contributed by atoms with Gasteiger partial charge in [-0.1, -0.05) is 0 Å². The molecule has 1 saturated heterocycles. The zero-order valence-corrected chi connectivity index (χ0v) is 16.6. The number of hydrogen-bond acceptors (Lipinski definition) is 5. The summed E-state index contributed by atoms with van der Waals surface area (Å²) in [5.41, 5.74) is 0.998. The molecule has 3 N–H and O–H groups in total. The number of anilines is 1. The molecule has 2 aromatic heterocycles. The van der Waals surface area contributed by atoms with Crippen LogP contribution in [0.4, 0.5) is 5.69 Å². The molecule has 0 radical (unpaired) electrons. The second kappa shape index (κ2) is 8.08. The van der Waals surface area contributed by atoms with Gasteiger partial charge in [-0.25, -0.2) is 0 Å². The first kappa shape index (κ1) is 19.2. The lowest BCUT2D eigenvalue weighted by atomic mass is 10.1. The SMILES string of the molecule is CC(C)Oc1cc2nn(C3CCNCC3)cc2cc1C(=O)Nc1ccc[nH]c1=O. The van der Waals surface area contributed by atoms with E-state index in [1.54, 1.807) is 24.3 Å². The number of aromatic amines is 1. The maximum absolute atomic E-state index is 12.9. The van der Waals surface area contributed by atoms with E-state index in [9.17, 15) is 9.59 Å². The van der Waals surface area contributed by atoms with Crippen LogP contribution in [0, 0.1) is 0 Å². The molecule has 1 aromatic carbocycles. The Bertz CT molecular complexity index is 1080. The molecule has 1 aliphatic rings. The Morgan fingerprint density at radius 2 is 2.10 bits per heavy atom. The third kappa shape index (κ3) is 4.17. The minimum absolute atomic E-state index is 0.106. The lowest BCUT2D eigenvalue weighted by Crippen LogP contribution is -2.29. The molecule has 0 aliphatic carbocycles. The predicted octanol–water partition coefficient (Wildman–Crippen LogP) is 2.69. The second-order valence-corrected chi connectivity index (χ2v) is 7.53. The van der Waals surface area contributed by atoms with Gasteiger partial charge in [0.15, 0.2) is 0 Å². The third-order valence-corrected chi connectivity index (χ3v) is 4.98. The second-order valence-electron chi connectivity index (χ2n) is 7.53. The largest absolute Gasteiger partial charge is 0.490 e. The number of fused-ring (bicyclic) bond motifs is 1. The number of aromatic nitrogens is 3. The van der Waals surface area contributed by atoms with E-state index in [4.69, 9.17) is 9.84 Å². The van der Waals surface area contributed by atoms with Gasteiger partial charge in [-0.05, 0) is 58.0 Å². The van der Waals surface area contributed by atoms with E-state index < -0.39 is 5.91 Å². The number of H-pyrrole nitrogens is 1. The van der Waals surface area contributed by atoms with Crippen LogP contribution in [0.1, 0.15) is 43.1 Å². The number of nitrogens with zero attached hydrogens (tertiary/aromatic N) is 2. The Morgan fingerprint density at radius 3 is 2.83 bits per heavy atom. The molecule has 152 valence electrons. The number of carbonyl (C=O) groups excluding carboxylic acids is 1. The molecule has 0 unspecified atom stereocenters. The number of amides is 1. The van der Waals surface area contributed by atoms with Crippen molar-refractivity contribution in [3.05, 3.63) is 52.6 Å². The van der Waals surface area contributed by atoms with Crippen LogP contribution in [0.25, 0.3) is 10.9 Å². The van der Waals surface area contributed by atoms with E-state index >= 15 is 0 Å². The average molecular weight is 395 g/mol. The van der Waals surface area contributed by atoms with Crippen molar-refractivity contribution in [2.45, 2.75) is 38.8 Å². The minimum Gasteiger partial charge on any atom is -0.490 e. The molecular formula is C21H25N5O3. The van der Waals surface area contributed by atoms with Crippen molar-refractivity contribution in [3.8, 4) is 5.75 Å². The van der Waals surface area contributed by atoms with Crippen molar-refractivity contribution >= 4 is 22.5 Å². The zero-order valence-electron chi connectivity index (χ0n) is 16.6. The number of ether oxygens (including phenoxy) is 1. The standard InChI is InChI=1S/C21H25N5O3/c1-13(2)29-19-11-18-14(12-26(25-18)15-5-8-22-9-6-15)10-16(19)20(27)24-17-4-3-7-23-21(17)28/h3-4,7,10-13,15,22H,5-6,8-9H2,1-2H3,(H,23,28)(H,24,27). The lowest BCUT2D eigenvalue weighted by Gasteiger charge is -2.22. The van der Waals surface area contributed by atoms with Gasteiger partial charge in [-0.15, -0.1) is 0 Å². The first-order valence-corrected chi connectivity index (χ1v) is 9.90. The number of pyridine rings is 1. The van der Waals surface area contributed by atoms with Crippen LogP contribution < -0.4 is 20.9 Å². The van der Waals surface area contributed by atoms with Gasteiger partial charge in [-0.3, -0.25) is 14.3 Å². The van der Waals surface area contributed by atoms with Gasteiger partial charge >= 0.3 is 0 Å². The maximum atomic E-state index is 12.9. The molecule has 1 aliphatic heterocycles. The molecule has 1 fully saturated rings. The van der Waals surface area contributed by atoms with Crippen molar-refractivity contribution < 1.29 is 9.53 Å². The molecule has 4 rings (SSSR count). The number of nitrogens with one attached hydrogen (secondary N) is 3. The molecule has 3 aromatic rings. The monoisotopic (exact) mass is 395 g/mol. The fourth-order valence-corrected chi connectivity index (χ4v) is 3.57. The molecule has 0 saturated carbocycles. The summed E-state index contributed by atoms with van der Waals surface area (Å²) in [6.07, 6.45) is 5.44. The van der Waals surface area contributed by atoms with E-state index in [0.29, 0.717) is 17.4 Å². The highest BCUT2D eigenvalue weighted by atomic mass is 16.5. The zero-order chi connectivity index (χ0) is 20.4. The Morgan fingerprint density at radius 1 is 1.31 bits per heavy atom. The van der Waals surface area contributed by atoms with Gasteiger partial charge in [0.1, 0.15) is 11.4 Å². The molecule has 0 spiro atoms. The maximum Gasteiger partial charge on any atom is 0.271 e. The fraction of sp³-hybridized carbons (Fsp3) is 0.381. The number of rotatable bonds is 5. The first-order chi connectivity index (χ1) is 14.0. The Labute approximate surface area is 168 Å². The molecule has 3 heterocycles. The van der Waals surface area contributed by atoms with Crippen molar-refractivity contribution in [1.82, 2.24) is 20.1 Å². The number of piperidine rings is 1. The summed E-state index contributed by atoms with van der Waals surface area (Å²) in [6, 6.07) is 7.15. The molecule has 29 heavy (non-hydrogen) atoms. The van der Waals surface area contributed by atoms with Crippen molar-refractivity contribution in [2.75, 3.05) is 18.4 Å². The summed E-state index contributed by atoms with van der Waals surface area (Å²) < 4.78 is 7.89. The summed E-state index contributed by atoms with van der Waals surface area (Å²) >= 11 is 0. The highest BCUT2D eigenvalue weighted by molar-refractivity contribution is 6.08. The molecular weight excluding hydrogens is 370 g/mol. The lowest BCUT2D eigenvalue weighted by molar-refractivity contribution is 0.102. The molecule has 1 amide bonds. The van der Waals surface area contributed by atoms with Crippen LogP contribution in [0.2, 0.25) is 0 Å². The van der Waals surface area contributed by atoms with E-state index in [-0.39, 0.29) is 17.4 Å². The summed E-state index contributed by atoms with van der Waals surface area (Å²) in [5, 5.41) is 11.6. The van der Waals surface area contributed by atoms with Crippen LogP contribution >= 0.6 is 0 Å². The number of carbonyl (C=O) groups is 1. The molecule has 0 atom stereocenters. The van der Waals surface area contributed by atoms with Gasteiger partial charge in [0.2, 0.25) is 0 Å². The quantitative estimate of drug-likeness (QED) is 0.617. The van der Waals surface area contributed by atoms with Crippen molar-refractivity contribution in [3.63, 3.8) is 0 Å². The topological polar surface area (TPSA) is 101 Å². The van der Waals surface area contributed by atoms with Gasteiger partial charge in [0, 0.05) is 23.8 Å². The van der Waals surface area contributed by atoms with Crippen LogP contribution in [0.15, 0.2) is 41.5 Å². The normalized spacial score (nSPS) is 15.0. The summed E-state index contributed by atoms with van der Waals surface area (Å²) in [5.74, 6) is 0.0572. The Hall–Kier alpha value is -3.13. The van der Waals surface area contributed by atoms with Crippen molar-refractivity contribution in [1.29, 1.82) is 0 Å². The molecule has 0 bridgehead atoms. The first-order valence-electron chi connectivity index (χ1n) is 9.90. The van der Waals surface area contributed by atoms with Crippen LogP contribution in [-0.4, -0.2) is 39.9 Å². The van der Waals surface area contributed by atoms with E-state index in [1.807, 2.05) is 24.7 Å². The smallest absolute Gasteiger partial charge is 0.271 e. The van der Waals surface area contributed by atoms with Crippen molar-refractivity contribution in [2.24, 2.45) is 0 Å². The van der Waals surface area contributed by atoms with E-state index in [1.165, 1.54) is 6.20 Å². The van der Waals surface area contributed by atoms with Crippen LogP contribution in [0.5, 0.6) is 5.75 Å². The number of hydrogen-bond donors (Lipinski definition) is 3. The Balaban J connectivity index is 1.71. The Kier molecular flexibility index (Phi) is 5.35. The molecule has 8 heteroatoms.